The van der Waals surface area contributed by atoms with E-state index in [0.29, 0.717) is 5.69 Å². The van der Waals surface area contributed by atoms with Crippen LogP contribution in [0.2, 0.25) is 10.4 Å². The lowest BCUT2D eigenvalue weighted by Crippen LogP contribution is -2.13. The standard InChI is InChI=1S/C11H6BrCl2N3O/c12-7-3-1-2-4-8(7)16-10(18)6-5-15-11(14)17-9(6)13/h1-5H,(H,16,18). The molecule has 0 unspecified atom stereocenters. The molecule has 0 saturated carbocycles. The summed E-state index contributed by atoms with van der Waals surface area (Å²) in [6.07, 6.45) is 1.28. The molecule has 0 saturated heterocycles. The number of benzene rings is 1. The molecule has 18 heavy (non-hydrogen) atoms. The average molecular weight is 347 g/mol. The van der Waals surface area contributed by atoms with Gasteiger partial charge in [0, 0.05) is 10.7 Å². The Hall–Kier alpha value is -1.17. The molecule has 7 heteroatoms. The average Bonchev–Trinajstić information content (AvgIpc) is 2.32. The largest absolute Gasteiger partial charge is 0.321 e. The molecular weight excluding hydrogens is 341 g/mol. The normalized spacial score (nSPS) is 10.2. The second-order valence-corrected chi connectivity index (χ2v) is 4.83. The van der Waals surface area contributed by atoms with E-state index >= 15 is 0 Å². The molecule has 1 N–H and O–H groups in total. The summed E-state index contributed by atoms with van der Waals surface area (Å²) in [6, 6.07) is 7.22. The van der Waals surface area contributed by atoms with Gasteiger partial charge in [-0.25, -0.2) is 9.97 Å². The van der Waals surface area contributed by atoms with Crippen molar-refractivity contribution in [2.45, 2.75) is 0 Å². The van der Waals surface area contributed by atoms with E-state index in [2.05, 4.69) is 31.2 Å². The molecule has 0 aliphatic carbocycles. The van der Waals surface area contributed by atoms with E-state index in [4.69, 9.17) is 23.2 Å². The summed E-state index contributed by atoms with van der Waals surface area (Å²) in [6.45, 7) is 0. The number of nitrogens with one attached hydrogen (secondary N) is 1. The molecule has 0 fully saturated rings. The summed E-state index contributed by atoms with van der Waals surface area (Å²) in [5.41, 5.74) is 0.797. The maximum atomic E-state index is 12.0. The monoisotopic (exact) mass is 345 g/mol. The van der Waals surface area contributed by atoms with Crippen molar-refractivity contribution in [3.05, 3.63) is 50.9 Å². The molecule has 0 spiro atoms. The first-order valence-electron chi connectivity index (χ1n) is 4.82. The Morgan fingerprint density at radius 2 is 2.00 bits per heavy atom. The first-order chi connectivity index (χ1) is 8.58. The summed E-state index contributed by atoms with van der Waals surface area (Å²) in [5, 5.41) is 2.70. The second kappa shape index (κ2) is 5.65. The molecule has 1 aromatic carbocycles. The predicted molar refractivity (Wildman–Crippen MR) is 74.1 cm³/mol. The fourth-order valence-corrected chi connectivity index (χ4v) is 2.02. The fraction of sp³-hybridized carbons (Fsp3) is 0. The third-order valence-corrected chi connectivity index (χ3v) is 3.24. The minimum absolute atomic E-state index is 0.00237. The number of aromatic nitrogens is 2. The predicted octanol–water partition coefficient (Wildman–Crippen LogP) is 3.80. The number of carbonyl (C=O) groups excluding carboxylic acids is 1. The van der Waals surface area contributed by atoms with Crippen LogP contribution in [0, 0.1) is 0 Å². The molecule has 1 heterocycles. The van der Waals surface area contributed by atoms with Crippen LogP contribution in [0.1, 0.15) is 10.4 Å². The van der Waals surface area contributed by atoms with Gasteiger partial charge in [0.2, 0.25) is 5.28 Å². The molecule has 1 amide bonds. The van der Waals surface area contributed by atoms with E-state index in [1.54, 1.807) is 12.1 Å². The molecule has 2 aromatic rings. The maximum Gasteiger partial charge on any atom is 0.260 e. The number of nitrogens with zero attached hydrogens (tertiary/aromatic N) is 2. The zero-order chi connectivity index (χ0) is 13.1. The molecule has 0 atom stereocenters. The molecule has 0 bridgehead atoms. The summed E-state index contributed by atoms with van der Waals surface area (Å²) in [4.78, 5) is 19.4. The maximum absolute atomic E-state index is 12.0. The van der Waals surface area contributed by atoms with E-state index in [1.165, 1.54) is 6.20 Å². The SMILES string of the molecule is O=C(Nc1ccccc1Br)c1cnc(Cl)nc1Cl. The summed E-state index contributed by atoms with van der Waals surface area (Å²) >= 11 is 14.7. The van der Waals surface area contributed by atoms with Crippen molar-refractivity contribution in [3.8, 4) is 0 Å². The van der Waals surface area contributed by atoms with E-state index in [9.17, 15) is 4.79 Å². The third-order valence-electron chi connectivity index (χ3n) is 2.08. The van der Waals surface area contributed by atoms with E-state index in [0.717, 1.165) is 4.47 Å². The number of halogens is 3. The van der Waals surface area contributed by atoms with Crippen LogP contribution in [-0.4, -0.2) is 15.9 Å². The van der Waals surface area contributed by atoms with Gasteiger partial charge >= 0.3 is 0 Å². The number of carbonyl (C=O) groups is 1. The molecule has 0 aliphatic heterocycles. The van der Waals surface area contributed by atoms with Crippen molar-refractivity contribution in [2.24, 2.45) is 0 Å². The van der Waals surface area contributed by atoms with Gasteiger partial charge in [-0.05, 0) is 39.7 Å². The number of amides is 1. The summed E-state index contributed by atoms with van der Waals surface area (Å²) in [5.74, 6) is -0.399. The Kier molecular flexibility index (Phi) is 4.16. The Balaban J connectivity index is 2.25. The van der Waals surface area contributed by atoms with Crippen molar-refractivity contribution in [2.75, 3.05) is 5.32 Å². The number of rotatable bonds is 2. The molecule has 4 nitrogen and oxygen atoms in total. The van der Waals surface area contributed by atoms with Crippen molar-refractivity contribution in [1.82, 2.24) is 9.97 Å². The zero-order valence-electron chi connectivity index (χ0n) is 8.82. The highest BCUT2D eigenvalue weighted by atomic mass is 79.9. The zero-order valence-corrected chi connectivity index (χ0v) is 11.9. The molecule has 2 rings (SSSR count). The van der Waals surface area contributed by atoms with Crippen LogP contribution in [0.25, 0.3) is 0 Å². The fourth-order valence-electron chi connectivity index (χ4n) is 1.25. The molecule has 0 radical (unpaired) electrons. The van der Waals surface area contributed by atoms with Gasteiger partial charge < -0.3 is 5.32 Å². The second-order valence-electron chi connectivity index (χ2n) is 3.28. The van der Waals surface area contributed by atoms with Gasteiger partial charge in [-0.1, -0.05) is 23.7 Å². The van der Waals surface area contributed by atoms with Crippen LogP contribution in [0.15, 0.2) is 34.9 Å². The Bertz CT molecular complexity index is 607. The number of para-hydroxylation sites is 1. The Morgan fingerprint density at radius 3 is 2.67 bits per heavy atom. The first kappa shape index (κ1) is 13.3. The van der Waals surface area contributed by atoms with Crippen LogP contribution < -0.4 is 5.32 Å². The molecule has 92 valence electrons. The number of hydrogen-bond donors (Lipinski definition) is 1. The molecule has 1 aromatic heterocycles. The van der Waals surface area contributed by atoms with Crippen LogP contribution in [0.3, 0.4) is 0 Å². The van der Waals surface area contributed by atoms with Gasteiger partial charge in [-0.2, -0.15) is 0 Å². The number of anilines is 1. The van der Waals surface area contributed by atoms with Crippen LogP contribution in [-0.2, 0) is 0 Å². The van der Waals surface area contributed by atoms with Crippen LogP contribution >= 0.6 is 39.1 Å². The van der Waals surface area contributed by atoms with Crippen molar-refractivity contribution in [3.63, 3.8) is 0 Å². The lowest BCUT2D eigenvalue weighted by molar-refractivity contribution is 0.102. The van der Waals surface area contributed by atoms with Gasteiger partial charge in [0.15, 0.2) is 0 Å². The van der Waals surface area contributed by atoms with Crippen LogP contribution in [0.5, 0.6) is 0 Å². The summed E-state index contributed by atoms with van der Waals surface area (Å²) < 4.78 is 0.768. The highest BCUT2D eigenvalue weighted by Crippen LogP contribution is 2.23. The Morgan fingerprint density at radius 1 is 1.28 bits per heavy atom. The highest BCUT2D eigenvalue weighted by Gasteiger charge is 2.13. The van der Waals surface area contributed by atoms with E-state index < -0.39 is 5.91 Å². The van der Waals surface area contributed by atoms with Crippen LogP contribution in [0.4, 0.5) is 5.69 Å². The van der Waals surface area contributed by atoms with Gasteiger partial charge in [0.25, 0.3) is 5.91 Å². The minimum Gasteiger partial charge on any atom is -0.321 e. The van der Waals surface area contributed by atoms with Gasteiger partial charge in [-0.3, -0.25) is 4.79 Å². The third kappa shape index (κ3) is 2.98. The van der Waals surface area contributed by atoms with Crippen molar-refractivity contribution in [1.29, 1.82) is 0 Å². The minimum atomic E-state index is -0.399. The molecular formula is C11H6BrCl2N3O. The van der Waals surface area contributed by atoms with Gasteiger partial charge in [-0.15, -0.1) is 0 Å². The number of hydrogen-bond acceptors (Lipinski definition) is 3. The first-order valence-corrected chi connectivity index (χ1v) is 6.37. The lowest BCUT2D eigenvalue weighted by atomic mass is 10.3. The van der Waals surface area contributed by atoms with Gasteiger partial charge in [0.05, 0.1) is 11.3 Å². The topological polar surface area (TPSA) is 54.9 Å². The van der Waals surface area contributed by atoms with Crippen molar-refractivity contribution < 1.29 is 4.79 Å². The smallest absolute Gasteiger partial charge is 0.260 e. The highest BCUT2D eigenvalue weighted by molar-refractivity contribution is 9.10. The summed E-state index contributed by atoms with van der Waals surface area (Å²) in [7, 11) is 0. The quantitative estimate of drug-likeness (QED) is 0.664. The Labute approximate surface area is 121 Å². The van der Waals surface area contributed by atoms with E-state index in [1.807, 2.05) is 12.1 Å². The van der Waals surface area contributed by atoms with Gasteiger partial charge in [0.1, 0.15) is 5.15 Å². The van der Waals surface area contributed by atoms with Crippen molar-refractivity contribution >= 4 is 50.7 Å². The van der Waals surface area contributed by atoms with E-state index in [-0.39, 0.29) is 16.0 Å². The molecule has 0 aliphatic rings. The lowest BCUT2D eigenvalue weighted by Gasteiger charge is -2.07.